The number of hydrogen-bond acceptors (Lipinski definition) is 3. The number of likely N-dealkylation sites (tertiary alicyclic amines) is 1. The van der Waals surface area contributed by atoms with Gasteiger partial charge >= 0.3 is 0 Å². The topological polar surface area (TPSA) is 38.5 Å². The average molecular weight is 493 g/mol. The van der Waals surface area contributed by atoms with Crippen molar-refractivity contribution in [1.82, 2.24) is 4.90 Å². The van der Waals surface area contributed by atoms with E-state index in [1.54, 1.807) is 0 Å². The van der Waals surface area contributed by atoms with Gasteiger partial charge in [-0.3, -0.25) is 4.90 Å². The number of hydrogen-bond donors (Lipinski definition) is 1. The highest BCUT2D eigenvalue weighted by Crippen LogP contribution is 2.57. The number of rotatable bonds is 5. The highest BCUT2D eigenvalue weighted by molar-refractivity contribution is 9.10. The van der Waals surface area contributed by atoms with Gasteiger partial charge in [-0.05, 0) is 77.0 Å². The third-order valence-corrected chi connectivity index (χ3v) is 8.65. The molecule has 0 saturated carbocycles. The number of anilines is 1. The van der Waals surface area contributed by atoms with E-state index in [0.717, 1.165) is 29.5 Å². The molecule has 1 aliphatic heterocycles. The second-order valence-corrected chi connectivity index (χ2v) is 10.7. The maximum Gasteiger partial charge on any atom is 0.131 e. The van der Waals surface area contributed by atoms with Crippen LogP contribution in [-0.4, -0.2) is 30.1 Å². The van der Waals surface area contributed by atoms with Crippen LogP contribution in [0.4, 0.5) is 14.5 Å². The van der Waals surface area contributed by atoms with Crippen molar-refractivity contribution in [1.29, 1.82) is 0 Å². The molecule has 3 atom stereocenters. The van der Waals surface area contributed by atoms with Crippen LogP contribution >= 0.6 is 15.9 Å². The van der Waals surface area contributed by atoms with Crippen LogP contribution in [0, 0.1) is 17.0 Å². The first-order valence-electron chi connectivity index (χ1n) is 10.9. The molecule has 3 unspecified atom stereocenters. The zero-order valence-corrected chi connectivity index (χ0v) is 20.2. The van der Waals surface area contributed by atoms with Crippen molar-refractivity contribution < 1.29 is 13.5 Å². The van der Waals surface area contributed by atoms with Crippen LogP contribution in [0.3, 0.4) is 0 Å². The van der Waals surface area contributed by atoms with Gasteiger partial charge in [0.1, 0.15) is 11.6 Å². The molecule has 1 aliphatic carbocycles. The molecular weight excluding hydrogens is 462 g/mol. The molecule has 31 heavy (non-hydrogen) atoms. The van der Waals surface area contributed by atoms with E-state index in [9.17, 15) is 8.78 Å². The summed E-state index contributed by atoms with van der Waals surface area (Å²) in [5.41, 5.74) is 10.0. The summed E-state index contributed by atoms with van der Waals surface area (Å²) in [5, 5.41) is 0. The van der Waals surface area contributed by atoms with Crippen LogP contribution in [0.1, 0.15) is 50.8 Å². The molecule has 2 N–H and O–H groups in total. The van der Waals surface area contributed by atoms with Crippen molar-refractivity contribution in [2.45, 2.75) is 64.7 Å². The lowest BCUT2D eigenvalue weighted by atomic mass is 9.51. The molecule has 2 aliphatic rings. The Kier molecular flexibility index (Phi) is 5.95. The van der Waals surface area contributed by atoms with Crippen LogP contribution in [0.25, 0.3) is 0 Å². The zero-order valence-electron chi connectivity index (χ0n) is 18.6. The fourth-order valence-corrected chi connectivity index (χ4v) is 5.97. The van der Waals surface area contributed by atoms with Gasteiger partial charge < -0.3 is 10.5 Å². The minimum atomic E-state index is -0.563. The molecule has 1 saturated heterocycles. The van der Waals surface area contributed by atoms with Crippen molar-refractivity contribution in [2.75, 3.05) is 18.8 Å². The first kappa shape index (κ1) is 22.7. The van der Waals surface area contributed by atoms with Crippen LogP contribution in [0.5, 0.6) is 0 Å². The van der Waals surface area contributed by atoms with Crippen LogP contribution in [0.2, 0.25) is 0 Å². The standard InChI is InChI=1S/C25H31BrF2N2O/c1-15(31-14-17-20(27)6-5-7-21(17)28)13-30-11-10-25(4)18-8-9-19(26)23(29)16(18)12-22(30)24(25,2)3/h5-9,15,22H,10-14,29H2,1-4H3. The first-order chi connectivity index (χ1) is 14.6. The summed E-state index contributed by atoms with van der Waals surface area (Å²) in [6, 6.07) is 8.52. The molecule has 2 aromatic carbocycles. The third kappa shape index (κ3) is 3.70. The summed E-state index contributed by atoms with van der Waals surface area (Å²) in [7, 11) is 0. The van der Waals surface area contributed by atoms with Crippen LogP contribution in [0.15, 0.2) is 34.8 Å². The minimum absolute atomic E-state index is 0.00915. The normalized spacial score (nSPS) is 25.8. The molecule has 2 bridgehead atoms. The summed E-state index contributed by atoms with van der Waals surface area (Å²) in [4.78, 5) is 2.48. The number of nitrogens with two attached hydrogens (primary N) is 1. The molecular formula is C25H31BrF2N2O. The Labute approximate surface area is 192 Å². The van der Waals surface area contributed by atoms with Crippen LogP contribution < -0.4 is 5.73 Å². The SMILES string of the molecule is CC(CN1CCC2(C)c3ccc(Br)c(N)c3CC1C2(C)C)OCc1c(F)cccc1F. The van der Waals surface area contributed by atoms with E-state index in [0.29, 0.717) is 12.6 Å². The Bertz CT molecular complexity index is 975. The lowest BCUT2D eigenvalue weighted by Crippen LogP contribution is -2.64. The molecule has 0 aromatic heterocycles. The summed E-state index contributed by atoms with van der Waals surface area (Å²) in [6.07, 6.45) is 1.76. The smallest absolute Gasteiger partial charge is 0.131 e. The monoisotopic (exact) mass is 492 g/mol. The fourth-order valence-electron chi connectivity index (χ4n) is 5.60. The molecule has 168 valence electrons. The molecule has 1 heterocycles. The quantitative estimate of drug-likeness (QED) is 0.533. The third-order valence-electron chi connectivity index (χ3n) is 7.96. The Morgan fingerprint density at radius 3 is 2.55 bits per heavy atom. The molecule has 0 amide bonds. The summed E-state index contributed by atoms with van der Waals surface area (Å²) >= 11 is 3.59. The van der Waals surface area contributed by atoms with Gasteiger partial charge in [-0.2, -0.15) is 0 Å². The molecule has 4 rings (SSSR count). The number of halogens is 3. The number of benzene rings is 2. The van der Waals surface area contributed by atoms with Gasteiger partial charge in [0.25, 0.3) is 0 Å². The van der Waals surface area contributed by atoms with Crippen molar-refractivity contribution in [3.63, 3.8) is 0 Å². The Morgan fingerprint density at radius 1 is 1.19 bits per heavy atom. The number of ether oxygens (including phenoxy) is 1. The van der Waals surface area contributed by atoms with Gasteiger partial charge in [0.05, 0.1) is 12.7 Å². The number of nitrogens with zero attached hydrogens (tertiary/aromatic N) is 1. The van der Waals surface area contributed by atoms with Crippen LogP contribution in [-0.2, 0) is 23.2 Å². The van der Waals surface area contributed by atoms with Crippen molar-refractivity contribution in [3.05, 3.63) is 63.1 Å². The van der Waals surface area contributed by atoms with Crippen molar-refractivity contribution >= 4 is 21.6 Å². The summed E-state index contributed by atoms with van der Waals surface area (Å²) in [5.74, 6) is -1.13. The number of fused-ring (bicyclic) bond motifs is 4. The van der Waals surface area contributed by atoms with E-state index in [-0.39, 0.29) is 29.1 Å². The predicted octanol–water partition coefficient (Wildman–Crippen LogP) is 5.83. The van der Waals surface area contributed by atoms with Gasteiger partial charge in [0.2, 0.25) is 0 Å². The van der Waals surface area contributed by atoms with Gasteiger partial charge in [0.15, 0.2) is 0 Å². The van der Waals surface area contributed by atoms with Gasteiger partial charge in [-0.15, -0.1) is 0 Å². The highest BCUT2D eigenvalue weighted by atomic mass is 79.9. The lowest BCUT2D eigenvalue weighted by Gasteiger charge is -2.61. The first-order valence-corrected chi connectivity index (χ1v) is 11.7. The van der Waals surface area contributed by atoms with Crippen molar-refractivity contribution in [3.8, 4) is 0 Å². The van der Waals surface area contributed by atoms with Crippen molar-refractivity contribution in [2.24, 2.45) is 5.41 Å². The molecule has 0 radical (unpaired) electrons. The predicted molar refractivity (Wildman–Crippen MR) is 124 cm³/mol. The van der Waals surface area contributed by atoms with E-state index in [4.69, 9.17) is 10.5 Å². The maximum absolute atomic E-state index is 13.9. The molecule has 0 spiro atoms. The maximum atomic E-state index is 13.9. The fraction of sp³-hybridized carbons (Fsp3) is 0.520. The van der Waals surface area contributed by atoms with Gasteiger partial charge in [-0.1, -0.05) is 32.9 Å². The lowest BCUT2D eigenvalue weighted by molar-refractivity contribution is -0.0651. The largest absolute Gasteiger partial charge is 0.398 e. The molecule has 1 fully saturated rings. The van der Waals surface area contributed by atoms with E-state index in [1.165, 1.54) is 29.3 Å². The van der Waals surface area contributed by atoms with E-state index >= 15 is 0 Å². The number of nitrogen functional groups attached to an aromatic ring is 1. The molecule has 6 heteroatoms. The van der Waals surface area contributed by atoms with E-state index in [2.05, 4.69) is 53.7 Å². The Morgan fingerprint density at radius 2 is 1.87 bits per heavy atom. The number of piperidine rings is 1. The van der Waals surface area contributed by atoms with Gasteiger partial charge in [0, 0.05) is 33.7 Å². The van der Waals surface area contributed by atoms with E-state index in [1.807, 2.05) is 6.92 Å². The highest BCUT2D eigenvalue weighted by Gasteiger charge is 2.56. The molecule has 3 nitrogen and oxygen atoms in total. The zero-order chi connectivity index (χ0) is 22.6. The molecule has 2 aromatic rings. The summed E-state index contributed by atoms with van der Waals surface area (Å²) in [6.45, 7) is 10.6. The Hall–Kier alpha value is -1.50. The van der Waals surface area contributed by atoms with Gasteiger partial charge in [-0.25, -0.2) is 8.78 Å². The summed E-state index contributed by atoms with van der Waals surface area (Å²) < 4.78 is 34.7. The minimum Gasteiger partial charge on any atom is -0.398 e. The Balaban J connectivity index is 1.53. The second kappa shape index (κ2) is 8.13. The van der Waals surface area contributed by atoms with E-state index < -0.39 is 11.6 Å². The second-order valence-electron chi connectivity index (χ2n) is 9.83. The average Bonchev–Trinajstić information content (AvgIpc) is 2.69.